The van der Waals surface area contributed by atoms with Gasteiger partial charge in [0.25, 0.3) is 0 Å². The molecule has 0 saturated heterocycles. The molecule has 2 rings (SSSR count). The van der Waals surface area contributed by atoms with Crippen LogP contribution >= 0.6 is 0 Å². The average Bonchev–Trinajstić information content (AvgIpc) is 2.84. The lowest BCUT2D eigenvalue weighted by Gasteiger charge is -2.16. The molecular formula is C15H20N2O. The van der Waals surface area contributed by atoms with Crippen molar-refractivity contribution in [2.75, 3.05) is 25.5 Å². The first-order valence-corrected chi connectivity index (χ1v) is 6.24. The molecule has 18 heavy (non-hydrogen) atoms. The molecule has 0 atom stereocenters. The molecule has 0 fully saturated rings. The highest BCUT2D eigenvalue weighted by molar-refractivity contribution is 5.44. The third-order valence-electron chi connectivity index (χ3n) is 2.91. The molecule has 0 bridgehead atoms. The number of hydrogen-bond donors (Lipinski definition) is 1. The molecule has 1 aromatic heterocycles. The number of nitrogens with zero attached hydrogens (tertiary/aromatic N) is 1. The Morgan fingerprint density at radius 1 is 1.17 bits per heavy atom. The van der Waals surface area contributed by atoms with Crippen molar-refractivity contribution in [3.63, 3.8) is 0 Å². The Bertz CT molecular complexity index is 448. The van der Waals surface area contributed by atoms with E-state index in [0.717, 1.165) is 19.6 Å². The Kier molecular flexibility index (Phi) is 4.42. The van der Waals surface area contributed by atoms with Crippen LogP contribution in [0.15, 0.2) is 47.3 Å². The van der Waals surface area contributed by atoms with Crippen molar-refractivity contribution >= 4 is 5.69 Å². The molecule has 0 aliphatic carbocycles. The van der Waals surface area contributed by atoms with Crippen LogP contribution in [0.1, 0.15) is 11.1 Å². The lowest BCUT2D eigenvalue weighted by Crippen LogP contribution is -2.24. The van der Waals surface area contributed by atoms with Crippen LogP contribution in [0.3, 0.4) is 0 Å². The molecule has 96 valence electrons. The van der Waals surface area contributed by atoms with Gasteiger partial charge in [0.05, 0.1) is 12.5 Å². The summed E-state index contributed by atoms with van der Waals surface area (Å²) in [6, 6.07) is 10.5. The molecule has 0 radical (unpaired) electrons. The number of rotatable bonds is 6. The van der Waals surface area contributed by atoms with Gasteiger partial charge in [-0.3, -0.25) is 0 Å². The normalized spacial score (nSPS) is 10.8. The zero-order valence-electron chi connectivity index (χ0n) is 11.0. The molecule has 0 spiro atoms. The maximum Gasteiger partial charge on any atom is 0.0947 e. The van der Waals surface area contributed by atoms with E-state index in [1.807, 2.05) is 6.07 Å². The number of anilines is 1. The van der Waals surface area contributed by atoms with E-state index in [-0.39, 0.29) is 0 Å². The third kappa shape index (κ3) is 3.93. The van der Waals surface area contributed by atoms with Crippen LogP contribution in [-0.2, 0) is 6.54 Å². The molecule has 3 heteroatoms. The topological polar surface area (TPSA) is 28.4 Å². The summed E-state index contributed by atoms with van der Waals surface area (Å²) in [5.41, 5.74) is 3.68. The summed E-state index contributed by atoms with van der Waals surface area (Å²) in [6.45, 7) is 4.96. The molecule has 0 amide bonds. The molecule has 0 aliphatic heterocycles. The third-order valence-corrected chi connectivity index (χ3v) is 2.91. The minimum atomic E-state index is 0.923. The fourth-order valence-electron chi connectivity index (χ4n) is 1.84. The van der Waals surface area contributed by atoms with Crippen LogP contribution in [0.5, 0.6) is 0 Å². The highest BCUT2D eigenvalue weighted by Gasteiger charge is 2.01. The van der Waals surface area contributed by atoms with Gasteiger partial charge in [0.15, 0.2) is 0 Å². The quantitative estimate of drug-likeness (QED) is 0.846. The summed E-state index contributed by atoms with van der Waals surface area (Å²) in [5.74, 6) is 0. The van der Waals surface area contributed by atoms with Crippen molar-refractivity contribution in [1.29, 1.82) is 0 Å². The number of hydrogen-bond acceptors (Lipinski definition) is 3. The van der Waals surface area contributed by atoms with E-state index < -0.39 is 0 Å². The molecule has 1 N–H and O–H groups in total. The molecular weight excluding hydrogens is 224 g/mol. The predicted molar refractivity (Wildman–Crippen MR) is 74.7 cm³/mol. The Morgan fingerprint density at radius 3 is 2.61 bits per heavy atom. The second kappa shape index (κ2) is 6.26. The van der Waals surface area contributed by atoms with Gasteiger partial charge in [0.1, 0.15) is 0 Å². The van der Waals surface area contributed by atoms with Gasteiger partial charge in [-0.1, -0.05) is 17.7 Å². The van der Waals surface area contributed by atoms with E-state index in [1.165, 1.54) is 16.8 Å². The average molecular weight is 244 g/mol. The monoisotopic (exact) mass is 244 g/mol. The molecule has 0 unspecified atom stereocenters. The summed E-state index contributed by atoms with van der Waals surface area (Å²) in [7, 11) is 2.11. The van der Waals surface area contributed by atoms with Crippen molar-refractivity contribution in [3.05, 3.63) is 54.0 Å². The fourth-order valence-corrected chi connectivity index (χ4v) is 1.84. The van der Waals surface area contributed by atoms with Crippen LogP contribution in [0.2, 0.25) is 0 Å². The van der Waals surface area contributed by atoms with Gasteiger partial charge in [-0.05, 0) is 32.2 Å². The van der Waals surface area contributed by atoms with Crippen molar-refractivity contribution in [1.82, 2.24) is 4.90 Å². The van der Waals surface area contributed by atoms with Gasteiger partial charge in [0, 0.05) is 30.9 Å². The van der Waals surface area contributed by atoms with Crippen LogP contribution in [0.4, 0.5) is 5.69 Å². The van der Waals surface area contributed by atoms with Gasteiger partial charge in [0.2, 0.25) is 0 Å². The highest BCUT2D eigenvalue weighted by atomic mass is 16.3. The number of likely N-dealkylation sites (N-methyl/N-ethyl adjacent to an activating group) is 1. The standard InChI is InChI=1S/C15H20N2O/c1-13-3-5-15(6-4-13)16-8-9-17(2)11-14-7-10-18-12-14/h3-7,10,12,16H,8-9,11H2,1-2H3. The van der Waals surface area contributed by atoms with Crippen LogP contribution in [0, 0.1) is 6.92 Å². The first-order chi connectivity index (χ1) is 8.74. The summed E-state index contributed by atoms with van der Waals surface area (Å²) >= 11 is 0. The second-order valence-electron chi connectivity index (χ2n) is 4.66. The minimum Gasteiger partial charge on any atom is -0.472 e. The van der Waals surface area contributed by atoms with Gasteiger partial charge in [-0.15, -0.1) is 0 Å². The van der Waals surface area contributed by atoms with E-state index in [4.69, 9.17) is 4.42 Å². The second-order valence-corrected chi connectivity index (χ2v) is 4.66. The summed E-state index contributed by atoms with van der Waals surface area (Å²) in [5, 5.41) is 3.42. The summed E-state index contributed by atoms with van der Waals surface area (Å²) in [6.07, 6.45) is 3.51. The lowest BCUT2D eigenvalue weighted by molar-refractivity contribution is 0.338. The number of nitrogens with one attached hydrogen (secondary N) is 1. The molecule has 2 aromatic rings. The first-order valence-electron chi connectivity index (χ1n) is 6.24. The van der Waals surface area contributed by atoms with Crippen LogP contribution in [0.25, 0.3) is 0 Å². The Labute approximate surface area is 108 Å². The number of benzene rings is 1. The maximum absolute atomic E-state index is 5.06. The van der Waals surface area contributed by atoms with Crippen molar-refractivity contribution in [2.24, 2.45) is 0 Å². The summed E-state index contributed by atoms with van der Waals surface area (Å²) < 4.78 is 5.06. The van der Waals surface area contributed by atoms with Crippen molar-refractivity contribution in [2.45, 2.75) is 13.5 Å². The summed E-state index contributed by atoms with van der Waals surface area (Å²) in [4.78, 5) is 2.27. The number of aryl methyl sites for hydroxylation is 1. The maximum atomic E-state index is 5.06. The fraction of sp³-hybridized carbons (Fsp3) is 0.333. The smallest absolute Gasteiger partial charge is 0.0947 e. The van der Waals surface area contributed by atoms with Gasteiger partial charge in [-0.25, -0.2) is 0 Å². The molecule has 0 aliphatic rings. The Balaban J connectivity index is 1.70. The molecule has 1 heterocycles. The van der Waals surface area contributed by atoms with E-state index >= 15 is 0 Å². The SMILES string of the molecule is Cc1ccc(NCCN(C)Cc2ccoc2)cc1. The zero-order valence-corrected chi connectivity index (χ0v) is 11.0. The zero-order chi connectivity index (χ0) is 12.8. The molecule has 1 aromatic carbocycles. The largest absolute Gasteiger partial charge is 0.472 e. The predicted octanol–water partition coefficient (Wildman–Crippen LogP) is 3.13. The van der Waals surface area contributed by atoms with E-state index in [0.29, 0.717) is 0 Å². The van der Waals surface area contributed by atoms with Crippen molar-refractivity contribution in [3.8, 4) is 0 Å². The number of furan rings is 1. The first kappa shape index (κ1) is 12.7. The van der Waals surface area contributed by atoms with E-state index in [2.05, 4.69) is 48.5 Å². The van der Waals surface area contributed by atoms with E-state index in [1.54, 1.807) is 12.5 Å². The molecule has 3 nitrogen and oxygen atoms in total. The van der Waals surface area contributed by atoms with Gasteiger partial charge < -0.3 is 14.6 Å². The van der Waals surface area contributed by atoms with Crippen LogP contribution in [-0.4, -0.2) is 25.0 Å². The van der Waals surface area contributed by atoms with Crippen molar-refractivity contribution < 1.29 is 4.42 Å². The Hall–Kier alpha value is -1.74. The van der Waals surface area contributed by atoms with Crippen LogP contribution < -0.4 is 5.32 Å². The minimum absolute atomic E-state index is 0.923. The van der Waals surface area contributed by atoms with Gasteiger partial charge in [-0.2, -0.15) is 0 Å². The van der Waals surface area contributed by atoms with Gasteiger partial charge >= 0.3 is 0 Å². The Morgan fingerprint density at radius 2 is 1.94 bits per heavy atom. The highest BCUT2D eigenvalue weighted by Crippen LogP contribution is 2.08. The van der Waals surface area contributed by atoms with E-state index in [9.17, 15) is 0 Å². The lowest BCUT2D eigenvalue weighted by atomic mass is 10.2. The molecule has 0 saturated carbocycles.